The minimum Gasteiger partial charge on any atom is -0.464 e. The number of nitrogens with two attached hydrogens (primary N) is 2. The van der Waals surface area contributed by atoms with Crippen LogP contribution in [0.25, 0.3) is 0 Å². The van der Waals surface area contributed by atoms with E-state index in [2.05, 4.69) is 39.3 Å². The molecule has 2 amide bonds. The largest absolute Gasteiger partial charge is 0.464 e. The number of hydrogen-bond donors (Lipinski definition) is 2. The molecular weight excluding hydrogens is 394 g/mol. The highest BCUT2D eigenvalue weighted by Crippen LogP contribution is 2.15. The van der Waals surface area contributed by atoms with Gasteiger partial charge in [-0.15, -0.1) is 0 Å². The van der Waals surface area contributed by atoms with Crippen molar-refractivity contribution in [2.45, 2.75) is 70.3 Å². The molecule has 28 heavy (non-hydrogen) atoms. The highest BCUT2D eigenvalue weighted by atomic mass is 28.3. The molecule has 164 valence electrons. The molecule has 0 radical (unpaired) electrons. The summed E-state index contributed by atoms with van der Waals surface area (Å²) in [6, 6.07) is 0.706. The molecule has 0 aromatic heterocycles. The van der Waals surface area contributed by atoms with Gasteiger partial charge in [0.15, 0.2) is 0 Å². The number of primary amides is 1. The molecule has 0 aromatic carbocycles. The van der Waals surface area contributed by atoms with E-state index in [1.54, 1.807) is 0 Å². The molecule has 10 heteroatoms. The van der Waals surface area contributed by atoms with Crippen LogP contribution >= 0.6 is 0 Å². The van der Waals surface area contributed by atoms with E-state index >= 15 is 0 Å². The summed E-state index contributed by atoms with van der Waals surface area (Å²) < 4.78 is 10.8. The molecule has 8 nitrogen and oxygen atoms in total. The highest BCUT2D eigenvalue weighted by Gasteiger charge is 2.32. The van der Waals surface area contributed by atoms with Crippen molar-refractivity contribution in [2.24, 2.45) is 11.5 Å². The van der Waals surface area contributed by atoms with E-state index < -0.39 is 40.2 Å². The number of esters is 1. The predicted molar refractivity (Wildman–Crippen MR) is 117 cm³/mol. The average molecular weight is 434 g/mol. The van der Waals surface area contributed by atoms with Crippen molar-refractivity contribution in [2.75, 3.05) is 26.3 Å². The number of nitrogens with zero attached hydrogens (tertiary/aromatic N) is 1. The van der Waals surface area contributed by atoms with E-state index in [0.29, 0.717) is 13.2 Å². The molecule has 0 saturated carbocycles. The van der Waals surface area contributed by atoms with Crippen molar-refractivity contribution in [3.05, 3.63) is 0 Å². The van der Waals surface area contributed by atoms with Crippen LogP contribution in [0, 0.1) is 0 Å². The van der Waals surface area contributed by atoms with E-state index in [4.69, 9.17) is 20.9 Å². The maximum Gasteiger partial charge on any atom is 0.410 e. The molecule has 0 heterocycles. The van der Waals surface area contributed by atoms with Gasteiger partial charge in [-0.2, -0.15) is 0 Å². The number of carbonyl (C=O) groups is 3. The third-order valence-corrected chi connectivity index (χ3v) is 7.50. The van der Waals surface area contributed by atoms with E-state index in [0.717, 1.165) is 12.1 Å². The second-order valence-electron chi connectivity index (χ2n) is 9.41. The Labute approximate surface area is 171 Å². The predicted octanol–water partition coefficient (Wildman–Crippen LogP) is 2.24. The van der Waals surface area contributed by atoms with Gasteiger partial charge in [0.05, 0.1) is 13.2 Å². The van der Waals surface area contributed by atoms with Crippen molar-refractivity contribution in [1.29, 1.82) is 0 Å². The Morgan fingerprint density at radius 2 is 1.43 bits per heavy atom. The van der Waals surface area contributed by atoms with E-state index in [1.165, 1.54) is 4.90 Å². The van der Waals surface area contributed by atoms with Crippen LogP contribution in [-0.4, -0.2) is 71.4 Å². The zero-order chi connectivity index (χ0) is 22.0. The van der Waals surface area contributed by atoms with Gasteiger partial charge in [0.25, 0.3) is 0 Å². The summed E-state index contributed by atoms with van der Waals surface area (Å²) in [4.78, 5) is 37.7. The zero-order valence-electron chi connectivity index (χ0n) is 18.4. The fourth-order valence-electron chi connectivity index (χ4n) is 2.27. The zero-order valence-corrected chi connectivity index (χ0v) is 20.4. The van der Waals surface area contributed by atoms with Gasteiger partial charge in [-0.25, -0.2) is 9.59 Å². The third-order valence-electron chi connectivity index (χ3n) is 4.09. The van der Waals surface area contributed by atoms with Gasteiger partial charge in [-0.3, -0.25) is 9.69 Å². The first kappa shape index (κ1) is 26.6. The molecule has 0 aromatic rings. The van der Waals surface area contributed by atoms with Gasteiger partial charge in [-0.1, -0.05) is 39.3 Å². The van der Waals surface area contributed by atoms with E-state index in [-0.39, 0.29) is 25.9 Å². The molecule has 0 bridgehead atoms. The normalized spacial score (nSPS) is 13.0. The molecule has 0 aliphatic carbocycles. The van der Waals surface area contributed by atoms with Crippen LogP contribution < -0.4 is 11.5 Å². The van der Waals surface area contributed by atoms with Gasteiger partial charge in [-0.05, 0) is 18.5 Å². The van der Waals surface area contributed by atoms with Crippen LogP contribution in [0.15, 0.2) is 0 Å². The summed E-state index contributed by atoms with van der Waals surface area (Å²) in [6.07, 6.45) is -0.554. The Kier molecular flexibility index (Phi) is 11.6. The Balaban J connectivity index is 5.14. The van der Waals surface area contributed by atoms with Crippen LogP contribution in [0.3, 0.4) is 0 Å². The lowest BCUT2D eigenvalue weighted by Gasteiger charge is -2.29. The molecule has 4 N–H and O–H groups in total. The maximum atomic E-state index is 12.7. The smallest absolute Gasteiger partial charge is 0.410 e. The Morgan fingerprint density at radius 3 is 1.86 bits per heavy atom. The first-order chi connectivity index (χ1) is 12.8. The van der Waals surface area contributed by atoms with Crippen LogP contribution in [0.4, 0.5) is 4.79 Å². The monoisotopic (exact) mass is 433 g/mol. The molecule has 0 spiro atoms. The number of hydrogen-bond acceptors (Lipinski definition) is 6. The maximum absolute atomic E-state index is 12.7. The molecule has 0 unspecified atom stereocenters. The summed E-state index contributed by atoms with van der Waals surface area (Å²) in [5.41, 5.74) is 10.9. The van der Waals surface area contributed by atoms with Crippen molar-refractivity contribution in [1.82, 2.24) is 4.90 Å². The van der Waals surface area contributed by atoms with E-state index in [1.807, 2.05) is 0 Å². The number of carbonyl (C=O) groups excluding carboxylic acids is 3. The van der Waals surface area contributed by atoms with Gasteiger partial charge in [0.2, 0.25) is 5.91 Å². The number of rotatable bonds is 13. The molecule has 0 saturated heterocycles. The molecule has 0 rings (SSSR count). The second-order valence-corrected chi connectivity index (χ2v) is 20.6. The molecule has 1 atom stereocenters. The van der Waals surface area contributed by atoms with Crippen molar-refractivity contribution < 1.29 is 23.9 Å². The minimum absolute atomic E-state index is 0.0307. The first-order valence-corrected chi connectivity index (χ1v) is 17.3. The number of ether oxygens (including phenoxy) is 2. The summed E-state index contributed by atoms with van der Waals surface area (Å²) in [5, 5.41) is 0. The molecular formula is C18H39N3O5Si2. The Morgan fingerprint density at radius 1 is 0.929 bits per heavy atom. The summed E-state index contributed by atoms with van der Waals surface area (Å²) in [6.45, 7) is 14.0. The quantitative estimate of drug-likeness (QED) is 0.339. The summed E-state index contributed by atoms with van der Waals surface area (Å²) in [5.74, 6) is -1.09. The van der Waals surface area contributed by atoms with Crippen LogP contribution in [-0.2, 0) is 19.1 Å². The first-order valence-electron chi connectivity index (χ1n) is 9.85. The lowest BCUT2D eigenvalue weighted by Crippen LogP contribution is -2.49. The van der Waals surface area contributed by atoms with E-state index in [9.17, 15) is 14.4 Å². The average Bonchev–Trinajstić information content (AvgIpc) is 2.51. The summed E-state index contributed by atoms with van der Waals surface area (Å²) >= 11 is 0. The van der Waals surface area contributed by atoms with Gasteiger partial charge < -0.3 is 20.9 Å². The second kappa shape index (κ2) is 12.2. The minimum atomic E-state index is -1.37. The third kappa shape index (κ3) is 12.9. The van der Waals surface area contributed by atoms with Gasteiger partial charge in [0.1, 0.15) is 6.04 Å². The van der Waals surface area contributed by atoms with Gasteiger partial charge >= 0.3 is 12.1 Å². The lowest BCUT2D eigenvalue weighted by molar-refractivity contribution is -0.149. The standard InChI is InChI=1S/C18H39N3O5Si2/c1-27(2,3)13-11-25-17(23)15(7-8-16(20)22)21(10-9-19)18(24)26-12-14-28(4,5)6/h15H,7-14,19H2,1-6H3,(H2,20,22)/t15-/m0/s1. The van der Waals surface area contributed by atoms with Crippen LogP contribution in [0.5, 0.6) is 0 Å². The topological polar surface area (TPSA) is 125 Å². The molecule has 0 aliphatic heterocycles. The van der Waals surface area contributed by atoms with Crippen molar-refractivity contribution in [3.63, 3.8) is 0 Å². The Bertz CT molecular complexity index is 518. The number of amides is 2. The van der Waals surface area contributed by atoms with Crippen LogP contribution in [0.1, 0.15) is 12.8 Å². The SMILES string of the molecule is C[Si](C)(C)CCOC(=O)[C@H](CCC(N)=O)N(CCN)C(=O)OCC[Si](C)(C)C. The summed E-state index contributed by atoms with van der Waals surface area (Å²) in [7, 11) is -2.73. The highest BCUT2D eigenvalue weighted by molar-refractivity contribution is 6.76. The van der Waals surface area contributed by atoms with Gasteiger partial charge in [0, 0.05) is 35.7 Å². The van der Waals surface area contributed by atoms with Crippen LogP contribution in [0.2, 0.25) is 51.4 Å². The molecule has 0 fully saturated rings. The van der Waals surface area contributed by atoms with Crippen molar-refractivity contribution in [3.8, 4) is 0 Å². The lowest BCUT2D eigenvalue weighted by atomic mass is 10.1. The fourth-order valence-corrected chi connectivity index (χ4v) is 3.70. The van der Waals surface area contributed by atoms with Crippen molar-refractivity contribution >= 4 is 34.1 Å². The Hall–Kier alpha value is -1.40. The molecule has 0 aliphatic rings. The fraction of sp³-hybridized carbons (Fsp3) is 0.833.